The van der Waals surface area contributed by atoms with Crippen molar-refractivity contribution < 1.29 is 22.7 Å². The number of carbonyl (C=O) groups excluding carboxylic acids is 1. The number of alkyl halides is 3. The zero-order valence-corrected chi connectivity index (χ0v) is 9.39. The maximum absolute atomic E-state index is 11.9. The van der Waals surface area contributed by atoms with Crippen molar-refractivity contribution in [1.82, 2.24) is 0 Å². The van der Waals surface area contributed by atoms with Gasteiger partial charge in [-0.15, -0.1) is 0 Å². The van der Waals surface area contributed by atoms with Crippen molar-refractivity contribution in [3.63, 3.8) is 0 Å². The van der Waals surface area contributed by atoms with Crippen LogP contribution < -0.4 is 5.73 Å². The molecule has 0 atom stereocenters. The van der Waals surface area contributed by atoms with E-state index in [1.54, 1.807) is 19.9 Å². The molecule has 0 heterocycles. The summed E-state index contributed by atoms with van der Waals surface area (Å²) in [6.07, 6.45) is -4.53. The van der Waals surface area contributed by atoms with Gasteiger partial charge in [0.05, 0.1) is 5.56 Å². The largest absolute Gasteiger partial charge is 0.452 e. The number of ether oxygens (including phenoxy) is 1. The third-order valence-corrected chi connectivity index (χ3v) is 2.20. The molecule has 3 nitrogen and oxygen atoms in total. The van der Waals surface area contributed by atoms with Crippen LogP contribution in [0.2, 0.25) is 0 Å². The molecule has 0 aliphatic heterocycles. The smallest absolute Gasteiger partial charge is 0.422 e. The highest BCUT2D eigenvalue weighted by molar-refractivity contribution is 5.92. The Morgan fingerprint density at radius 3 is 2.41 bits per heavy atom. The molecule has 0 aliphatic carbocycles. The van der Waals surface area contributed by atoms with Crippen LogP contribution in [0.15, 0.2) is 12.1 Å². The fraction of sp³-hybridized carbons (Fsp3) is 0.364. The Morgan fingerprint density at radius 1 is 1.29 bits per heavy atom. The molecule has 0 radical (unpaired) electrons. The maximum Gasteiger partial charge on any atom is 0.422 e. The van der Waals surface area contributed by atoms with Crippen molar-refractivity contribution in [3.8, 4) is 0 Å². The number of nitrogens with two attached hydrogens (primary N) is 1. The number of esters is 1. The van der Waals surface area contributed by atoms with E-state index in [9.17, 15) is 18.0 Å². The van der Waals surface area contributed by atoms with Crippen molar-refractivity contribution in [3.05, 3.63) is 28.8 Å². The summed E-state index contributed by atoms with van der Waals surface area (Å²) in [4.78, 5) is 11.4. The number of hydrogen-bond donors (Lipinski definition) is 1. The monoisotopic (exact) mass is 247 g/mol. The predicted octanol–water partition coefficient (Wildman–Crippen LogP) is 2.60. The number of aryl methyl sites for hydroxylation is 2. The van der Waals surface area contributed by atoms with E-state index in [0.29, 0.717) is 11.3 Å². The molecular formula is C11H12F3NO2. The van der Waals surface area contributed by atoms with Crippen LogP contribution in [0.3, 0.4) is 0 Å². The first-order valence-electron chi connectivity index (χ1n) is 4.81. The first-order valence-corrected chi connectivity index (χ1v) is 4.81. The molecule has 0 aliphatic rings. The summed E-state index contributed by atoms with van der Waals surface area (Å²) >= 11 is 0. The summed E-state index contributed by atoms with van der Waals surface area (Å²) in [6.45, 7) is 1.75. The Labute approximate surface area is 96.4 Å². The summed E-state index contributed by atoms with van der Waals surface area (Å²) in [5, 5.41) is 0. The Balaban J connectivity index is 2.86. The first-order chi connectivity index (χ1) is 7.70. The van der Waals surface area contributed by atoms with Gasteiger partial charge in [0.25, 0.3) is 0 Å². The topological polar surface area (TPSA) is 52.3 Å². The van der Waals surface area contributed by atoms with E-state index in [4.69, 9.17) is 5.73 Å². The average Bonchev–Trinajstić information content (AvgIpc) is 2.19. The van der Waals surface area contributed by atoms with Gasteiger partial charge in [0.1, 0.15) is 0 Å². The highest BCUT2D eigenvalue weighted by Crippen LogP contribution is 2.20. The van der Waals surface area contributed by atoms with Gasteiger partial charge in [0.2, 0.25) is 0 Å². The van der Waals surface area contributed by atoms with Gasteiger partial charge in [-0.25, -0.2) is 4.79 Å². The SMILES string of the molecule is Cc1cc(C)c(C(=O)OCC(F)(F)F)cc1N. The average molecular weight is 247 g/mol. The Bertz CT molecular complexity index is 441. The van der Waals surface area contributed by atoms with Crippen molar-refractivity contribution >= 4 is 11.7 Å². The summed E-state index contributed by atoms with van der Waals surface area (Å²) in [5.74, 6) is -1.02. The van der Waals surface area contributed by atoms with Crippen LogP contribution in [0.4, 0.5) is 18.9 Å². The van der Waals surface area contributed by atoms with Gasteiger partial charge < -0.3 is 10.5 Å². The number of nitrogen functional groups attached to an aromatic ring is 1. The maximum atomic E-state index is 11.9. The minimum Gasteiger partial charge on any atom is -0.452 e. The van der Waals surface area contributed by atoms with E-state index >= 15 is 0 Å². The molecule has 0 unspecified atom stereocenters. The number of benzene rings is 1. The van der Waals surface area contributed by atoms with Gasteiger partial charge in [-0.05, 0) is 31.0 Å². The van der Waals surface area contributed by atoms with Crippen LogP contribution in [0, 0.1) is 13.8 Å². The molecular weight excluding hydrogens is 235 g/mol. The van der Waals surface area contributed by atoms with Crippen molar-refractivity contribution in [1.29, 1.82) is 0 Å². The van der Waals surface area contributed by atoms with Crippen LogP contribution in [-0.4, -0.2) is 18.8 Å². The molecule has 1 aromatic rings. The molecule has 0 spiro atoms. The highest BCUT2D eigenvalue weighted by atomic mass is 19.4. The fourth-order valence-electron chi connectivity index (χ4n) is 1.31. The van der Waals surface area contributed by atoms with Gasteiger partial charge >= 0.3 is 12.1 Å². The molecule has 2 N–H and O–H groups in total. The number of carbonyl (C=O) groups is 1. The molecule has 94 valence electrons. The normalized spacial score (nSPS) is 11.4. The van der Waals surface area contributed by atoms with E-state index in [0.717, 1.165) is 5.56 Å². The number of halogens is 3. The zero-order chi connectivity index (χ0) is 13.2. The molecule has 0 bridgehead atoms. The third kappa shape index (κ3) is 3.65. The summed E-state index contributed by atoms with van der Waals surface area (Å²) in [5.41, 5.74) is 7.27. The second-order valence-corrected chi connectivity index (χ2v) is 3.72. The van der Waals surface area contributed by atoms with E-state index < -0.39 is 18.8 Å². The quantitative estimate of drug-likeness (QED) is 0.645. The number of anilines is 1. The van der Waals surface area contributed by atoms with E-state index in [2.05, 4.69) is 4.74 Å². The molecule has 0 saturated heterocycles. The fourth-order valence-corrected chi connectivity index (χ4v) is 1.31. The Hall–Kier alpha value is -1.72. The van der Waals surface area contributed by atoms with Crippen LogP contribution in [-0.2, 0) is 4.74 Å². The Morgan fingerprint density at radius 2 is 1.88 bits per heavy atom. The highest BCUT2D eigenvalue weighted by Gasteiger charge is 2.30. The lowest BCUT2D eigenvalue weighted by atomic mass is 10.0. The van der Waals surface area contributed by atoms with Crippen LogP contribution in [0.1, 0.15) is 21.5 Å². The van der Waals surface area contributed by atoms with E-state index in [1.165, 1.54) is 6.07 Å². The second-order valence-electron chi connectivity index (χ2n) is 3.72. The molecule has 6 heteroatoms. The van der Waals surface area contributed by atoms with Gasteiger partial charge in [-0.1, -0.05) is 6.07 Å². The van der Waals surface area contributed by atoms with Crippen molar-refractivity contribution in [2.45, 2.75) is 20.0 Å². The first kappa shape index (κ1) is 13.3. The molecule has 0 saturated carbocycles. The summed E-state index contributed by atoms with van der Waals surface area (Å²) in [6, 6.07) is 2.95. The van der Waals surface area contributed by atoms with Gasteiger partial charge in [-0.3, -0.25) is 0 Å². The molecule has 0 fully saturated rings. The Kier molecular flexibility index (Phi) is 3.65. The summed E-state index contributed by atoms with van der Waals surface area (Å²) in [7, 11) is 0. The van der Waals surface area contributed by atoms with Crippen molar-refractivity contribution in [2.24, 2.45) is 0 Å². The van der Waals surface area contributed by atoms with Crippen LogP contribution in [0.5, 0.6) is 0 Å². The van der Waals surface area contributed by atoms with Crippen LogP contribution in [0.25, 0.3) is 0 Å². The van der Waals surface area contributed by atoms with Crippen molar-refractivity contribution in [2.75, 3.05) is 12.3 Å². The summed E-state index contributed by atoms with van der Waals surface area (Å²) < 4.78 is 39.8. The number of rotatable bonds is 2. The van der Waals surface area contributed by atoms with Gasteiger partial charge in [0.15, 0.2) is 6.61 Å². The van der Waals surface area contributed by atoms with E-state index in [-0.39, 0.29) is 5.56 Å². The van der Waals surface area contributed by atoms with Crippen LogP contribution >= 0.6 is 0 Å². The minimum absolute atomic E-state index is 0.0531. The zero-order valence-electron chi connectivity index (χ0n) is 9.39. The number of hydrogen-bond acceptors (Lipinski definition) is 3. The molecule has 1 aromatic carbocycles. The second kappa shape index (κ2) is 4.65. The predicted molar refractivity (Wildman–Crippen MR) is 56.7 cm³/mol. The van der Waals surface area contributed by atoms with E-state index in [1.807, 2.05) is 0 Å². The standard InChI is InChI=1S/C11H12F3NO2/c1-6-3-7(2)9(15)4-8(6)10(16)17-5-11(12,13)14/h3-4H,5,15H2,1-2H3. The minimum atomic E-state index is -4.53. The lowest BCUT2D eigenvalue weighted by Crippen LogP contribution is -2.21. The molecule has 17 heavy (non-hydrogen) atoms. The van der Waals surface area contributed by atoms with Gasteiger partial charge in [-0.2, -0.15) is 13.2 Å². The lowest BCUT2D eigenvalue weighted by molar-refractivity contribution is -0.161. The molecule has 0 aromatic heterocycles. The van der Waals surface area contributed by atoms with Gasteiger partial charge in [0, 0.05) is 5.69 Å². The lowest BCUT2D eigenvalue weighted by Gasteiger charge is -2.11. The molecule has 0 amide bonds. The molecule has 1 rings (SSSR count). The third-order valence-electron chi connectivity index (χ3n) is 2.20.